The van der Waals surface area contributed by atoms with E-state index in [1.807, 2.05) is 13.8 Å². The minimum absolute atomic E-state index is 0.0515. The Balaban J connectivity index is 3.22. The van der Waals surface area contributed by atoms with Gasteiger partial charge in [0, 0.05) is 5.69 Å². The summed E-state index contributed by atoms with van der Waals surface area (Å²) in [5, 5.41) is 0. The largest absolute Gasteiger partial charge is 0.489 e. The van der Waals surface area contributed by atoms with Crippen molar-refractivity contribution in [2.24, 2.45) is 0 Å². The zero-order valence-electron chi connectivity index (χ0n) is 10.2. The lowest BCUT2D eigenvalue weighted by molar-refractivity contribution is 0.211. The summed E-state index contributed by atoms with van der Waals surface area (Å²) in [7, 11) is -2.21. The van der Waals surface area contributed by atoms with Gasteiger partial charge >= 0.3 is 0 Å². The monoisotopic (exact) mass is 258 g/mol. The van der Waals surface area contributed by atoms with Gasteiger partial charge < -0.3 is 10.5 Å². The van der Waals surface area contributed by atoms with Crippen LogP contribution in [0.15, 0.2) is 23.1 Å². The zero-order valence-corrected chi connectivity index (χ0v) is 11.0. The van der Waals surface area contributed by atoms with Crippen molar-refractivity contribution in [1.29, 1.82) is 0 Å². The first-order valence-electron chi connectivity index (χ1n) is 5.40. The van der Waals surface area contributed by atoms with E-state index in [1.54, 1.807) is 12.1 Å². The normalized spacial score (nSPS) is 13.4. The second-order valence-corrected chi connectivity index (χ2v) is 5.61. The molecule has 0 aliphatic rings. The lowest BCUT2D eigenvalue weighted by Crippen LogP contribution is -2.21. The third-order valence-electron chi connectivity index (χ3n) is 2.43. The van der Waals surface area contributed by atoms with E-state index >= 15 is 0 Å². The highest BCUT2D eigenvalue weighted by atomic mass is 32.2. The maximum atomic E-state index is 11.8. The topological polar surface area (TPSA) is 81.4 Å². The maximum Gasteiger partial charge on any atom is 0.244 e. The number of nitrogens with one attached hydrogen (secondary N) is 1. The van der Waals surface area contributed by atoms with Crippen LogP contribution in [0.2, 0.25) is 0 Å². The predicted molar refractivity (Wildman–Crippen MR) is 67.5 cm³/mol. The van der Waals surface area contributed by atoms with Crippen LogP contribution in [-0.2, 0) is 10.0 Å². The second kappa shape index (κ2) is 5.37. The van der Waals surface area contributed by atoms with Crippen LogP contribution in [0.1, 0.15) is 20.3 Å². The molecule has 5 nitrogen and oxygen atoms in total. The second-order valence-electron chi connectivity index (χ2n) is 3.75. The Morgan fingerprint density at radius 3 is 2.65 bits per heavy atom. The molecule has 1 unspecified atom stereocenters. The van der Waals surface area contributed by atoms with E-state index in [4.69, 9.17) is 10.5 Å². The summed E-state index contributed by atoms with van der Waals surface area (Å²) in [6.07, 6.45) is 0.744. The molecule has 96 valence electrons. The van der Waals surface area contributed by atoms with Crippen molar-refractivity contribution in [3.8, 4) is 5.75 Å². The predicted octanol–water partition coefficient (Wildman–Crippen LogP) is 1.35. The molecule has 0 aromatic heterocycles. The summed E-state index contributed by atoms with van der Waals surface area (Å²) in [6, 6.07) is 4.58. The molecule has 0 aliphatic carbocycles. The van der Waals surface area contributed by atoms with Crippen molar-refractivity contribution >= 4 is 15.7 Å². The van der Waals surface area contributed by atoms with E-state index in [9.17, 15) is 8.42 Å². The average molecular weight is 258 g/mol. The number of rotatable bonds is 5. The van der Waals surface area contributed by atoms with Gasteiger partial charge in [-0.3, -0.25) is 0 Å². The van der Waals surface area contributed by atoms with Crippen molar-refractivity contribution in [3.05, 3.63) is 18.2 Å². The molecule has 0 heterocycles. The van der Waals surface area contributed by atoms with Crippen molar-refractivity contribution in [2.45, 2.75) is 31.3 Å². The van der Waals surface area contributed by atoms with Gasteiger partial charge in [0.25, 0.3) is 0 Å². The Morgan fingerprint density at radius 1 is 1.47 bits per heavy atom. The summed E-state index contributed by atoms with van der Waals surface area (Å²) in [5.41, 5.74) is 5.98. The van der Waals surface area contributed by atoms with Crippen LogP contribution in [0, 0.1) is 0 Å². The summed E-state index contributed by atoms with van der Waals surface area (Å²) in [6.45, 7) is 3.85. The Kier molecular flexibility index (Phi) is 4.36. The molecular weight excluding hydrogens is 240 g/mol. The molecule has 0 aliphatic heterocycles. The number of anilines is 1. The SMILES string of the molecule is CCC(C)Oc1ccc(N)cc1S(=O)(=O)NC. The summed E-state index contributed by atoms with van der Waals surface area (Å²) in [4.78, 5) is 0.0697. The molecule has 1 rings (SSSR count). The van der Waals surface area contributed by atoms with E-state index < -0.39 is 10.0 Å². The highest BCUT2D eigenvalue weighted by Gasteiger charge is 2.19. The Morgan fingerprint density at radius 2 is 2.12 bits per heavy atom. The molecule has 0 bridgehead atoms. The molecule has 0 amide bonds. The van der Waals surface area contributed by atoms with E-state index in [0.29, 0.717) is 11.4 Å². The molecular formula is C11H18N2O3S. The van der Waals surface area contributed by atoms with Gasteiger partial charge in [-0.25, -0.2) is 13.1 Å². The number of sulfonamides is 1. The van der Waals surface area contributed by atoms with Crippen LogP contribution < -0.4 is 15.2 Å². The number of benzene rings is 1. The van der Waals surface area contributed by atoms with Crippen LogP contribution in [0.5, 0.6) is 5.75 Å². The fraction of sp³-hybridized carbons (Fsp3) is 0.455. The summed E-state index contributed by atoms with van der Waals surface area (Å²) >= 11 is 0. The summed E-state index contributed by atoms with van der Waals surface area (Å²) < 4.78 is 31.4. The van der Waals surface area contributed by atoms with Gasteiger partial charge in [-0.1, -0.05) is 6.92 Å². The van der Waals surface area contributed by atoms with Gasteiger partial charge in [0.15, 0.2) is 0 Å². The Hall–Kier alpha value is -1.27. The van der Waals surface area contributed by atoms with E-state index in [2.05, 4.69) is 4.72 Å². The fourth-order valence-corrected chi connectivity index (χ4v) is 2.13. The highest BCUT2D eigenvalue weighted by Crippen LogP contribution is 2.27. The third-order valence-corrected chi connectivity index (χ3v) is 3.86. The standard InChI is InChI=1S/C11H18N2O3S/c1-4-8(2)16-10-6-5-9(12)7-11(10)17(14,15)13-3/h5-8,13H,4,12H2,1-3H3. The molecule has 0 saturated heterocycles. The molecule has 17 heavy (non-hydrogen) atoms. The molecule has 0 saturated carbocycles. The van der Waals surface area contributed by atoms with Crippen LogP contribution in [-0.4, -0.2) is 21.6 Å². The highest BCUT2D eigenvalue weighted by molar-refractivity contribution is 7.89. The van der Waals surface area contributed by atoms with Crippen LogP contribution in [0.25, 0.3) is 0 Å². The maximum absolute atomic E-state index is 11.8. The number of hydrogen-bond donors (Lipinski definition) is 2. The Bertz CT molecular complexity index is 485. The van der Waals surface area contributed by atoms with E-state index in [0.717, 1.165) is 6.42 Å². The molecule has 1 aromatic rings. The van der Waals surface area contributed by atoms with Crippen LogP contribution in [0.4, 0.5) is 5.69 Å². The first-order chi connectivity index (χ1) is 7.90. The first kappa shape index (κ1) is 13.8. The van der Waals surface area contributed by atoms with Gasteiger partial charge in [0.05, 0.1) is 6.10 Å². The number of nitrogens with two attached hydrogens (primary N) is 1. The lowest BCUT2D eigenvalue weighted by atomic mass is 10.3. The van der Waals surface area contributed by atoms with Crippen LogP contribution >= 0.6 is 0 Å². The van der Waals surface area contributed by atoms with Crippen molar-refractivity contribution in [3.63, 3.8) is 0 Å². The Labute approximate surface area is 102 Å². The molecule has 0 fully saturated rings. The van der Waals surface area contributed by atoms with E-state index in [1.165, 1.54) is 13.1 Å². The fourth-order valence-electron chi connectivity index (χ4n) is 1.24. The van der Waals surface area contributed by atoms with Crippen molar-refractivity contribution < 1.29 is 13.2 Å². The zero-order chi connectivity index (χ0) is 13.1. The number of ether oxygens (including phenoxy) is 1. The number of nitrogen functional groups attached to an aromatic ring is 1. The molecule has 0 radical (unpaired) electrons. The van der Waals surface area contributed by atoms with Crippen LogP contribution in [0.3, 0.4) is 0 Å². The minimum atomic E-state index is -3.56. The molecule has 6 heteroatoms. The average Bonchev–Trinajstić information content (AvgIpc) is 2.31. The van der Waals surface area contributed by atoms with E-state index in [-0.39, 0.29) is 11.0 Å². The van der Waals surface area contributed by atoms with Gasteiger partial charge in [-0.05, 0) is 38.6 Å². The summed E-state index contributed by atoms with van der Waals surface area (Å²) in [5.74, 6) is 0.322. The first-order valence-corrected chi connectivity index (χ1v) is 6.88. The molecule has 3 N–H and O–H groups in total. The molecule has 1 atom stereocenters. The lowest BCUT2D eigenvalue weighted by Gasteiger charge is -2.16. The van der Waals surface area contributed by atoms with Gasteiger partial charge in [-0.15, -0.1) is 0 Å². The molecule has 1 aromatic carbocycles. The smallest absolute Gasteiger partial charge is 0.244 e. The van der Waals surface area contributed by atoms with Gasteiger partial charge in [0.2, 0.25) is 10.0 Å². The number of hydrogen-bond acceptors (Lipinski definition) is 4. The van der Waals surface area contributed by atoms with Gasteiger partial charge in [-0.2, -0.15) is 0 Å². The third kappa shape index (κ3) is 3.34. The quantitative estimate of drug-likeness (QED) is 0.781. The van der Waals surface area contributed by atoms with Crippen molar-refractivity contribution in [2.75, 3.05) is 12.8 Å². The minimum Gasteiger partial charge on any atom is -0.489 e. The van der Waals surface area contributed by atoms with Crippen molar-refractivity contribution in [1.82, 2.24) is 4.72 Å². The van der Waals surface area contributed by atoms with Gasteiger partial charge in [0.1, 0.15) is 10.6 Å². The molecule has 0 spiro atoms.